The summed E-state index contributed by atoms with van der Waals surface area (Å²) in [6.45, 7) is 2.17. The molecule has 0 bridgehead atoms. The standard InChI is InChI=1S/C20H22O2/c1-14-3-12-19(20(21)13-14)17-6-4-15(5-7-17)16-8-10-18(22-2)11-9-16/h4-11,14,19H,3,12-13H2,1-2H3/t14-,19+/m0/s1. The lowest BCUT2D eigenvalue weighted by molar-refractivity contribution is -0.123. The first-order chi connectivity index (χ1) is 10.7. The fraction of sp³-hybridized carbons (Fsp3) is 0.350. The Kier molecular flexibility index (Phi) is 4.28. The van der Waals surface area contributed by atoms with E-state index in [0.717, 1.165) is 36.1 Å². The van der Waals surface area contributed by atoms with E-state index in [0.29, 0.717) is 11.7 Å². The van der Waals surface area contributed by atoms with Crippen molar-refractivity contribution in [3.05, 3.63) is 54.1 Å². The Hall–Kier alpha value is -2.09. The first kappa shape index (κ1) is 14.8. The van der Waals surface area contributed by atoms with Crippen molar-refractivity contribution in [2.75, 3.05) is 7.11 Å². The number of carbonyl (C=O) groups is 1. The Morgan fingerprint density at radius 3 is 2.05 bits per heavy atom. The van der Waals surface area contributed by atoms with Gasteiger partial charge in [0.05, 0.1) is 7.11 Å². The maximum absolute atomic E-state index is 12.2. The molecule has 1 aliphatic rings. The Morgan fingerprint density at radius 1 is 0.909 bits per heavy atom. The summed E-state index contributed by atoms with van der Waals surface area (Å²) < 4.78 is 5.19. The van der Waals surface area contributed by atoms with Crippen LogP contribution >= 0.6 is 0 Å². The summed E-state index contributed by atoms with van der Waals surface area (Å²) in [5, 5.41) is 0. The molecule has 0 aliphatic heterocycles. The number of hydrogen-bond donors (Lipinski definition) is 0. The van der Waals surface area contributed by atoms with Crippen molar-refractivity contribution < 1.29 is 9.53 Å². The second-order valence-corrected chi connectivity index (χ2v) is 6.26. The number of Topliss-reactive ketones (excluding diaryl/α,β-unsaturated/α-hetero) is 1. The molecule has 114 valence electrons. The van der Waals surface area contributed by atoms with Gasteiger partial charge in [0.25, 0.3) is 0 Å². The predicted octanol–water partition coefficient (Wildman–Crippen LogP) is 4.83. The van der Waals surface area contributed by atoms with Gasteiger partial charge in [0.2, 0.25) is 0 Å². The van der Waals surface area contributed by atoms with Crippen LogP contribution in [0.4, 0.5) is 0 Å². The molecule has 0 saturated heterocycles. The Morgan fingerprint density at radius 2 is 1.50 bits per heavy atom. The van der Waals surface area contributed by atoms with Crippen LogP contribution in [-0.4, -0.2) is 12.9 Å². The number of benzene rings is 2. The summed E-state index contributed by atoms with van der Waals surface area (Å²) in [6.07, 6.45) is 2.86. The second kappa shape index (κ2) is 6.35. The molecule has 0 unspecified atom stereocenters. The smallest absolute Gasteiger partial charge is 0.140 e. The van der Waals surface area contributed by atoms with E-state index in [1.807, 2.05) is 12.1 Å². The quantitative estimate of drug-likeness (QED) is 0.810. The van der Waals surface area contributed by atoms with E-state index in [1.54, 1.807) is 7.11 Å². The van der Waals surface area contributed by atoms with Gasteiger partial charge in [0.15, 0.2) is 0 Å². The molecule has 1 aliphatic carbocycles. The van der Waals surface area contributed by atoms with Gasteiger partial charge in [0, 0.05) is 12.3 Å². The Labute approximate surface area is 132 Å². The molecule has 0 amide bonds. The molecule has 2 nitrogen and oxygen atoms in total. The highest BCUT2D eigenvalue weighted by molar-refractivity contribution is 5.86. The van der Waals surface area contributed by atoms with E-state index in [4.69, 9.17) is 4.74 Å². The highest BCUT2D eigenvalue weighted by Gasteiger charge is 2.27. The molecule has 0 N–H and O–H groups in total. The second-order valence-electron chi connectivity index (χ2n) is 6.26. The molecular formula is C20H22O2. The van der Waals surface area contributed by atoms with Crippen LogP contribution in [0.1, 0.15) is 37.7 Å². The monoisotopic (exact) mass is 294 g/mol. The van der Waals surface area contributed by atoms with Gasteiger partial charge in [-0.05, 0) is 47.6 Å². The van der Waals surface area contributed by atoms with E-state index in [-0.39, 0.29) is 5.92 Å². The average molecular weight is 294 g/mol. The minimum atomic E-state index is 0.0983. The molecule has 1 saturated carbocycles. The van der Waals surface area contributed by atoms with E-state index < -0.39 is 0 Å². The van der Waals surface area contributed by atoms with Crippen LogP contribution < -0.4 is 4.74 Å². The third-order valence-corrected chi connectivity index (χ3v) is 4.62. The van der Waals surface area contributed by atoms with Gasteiger partial charge in [-0.15, -0.1) is 0 Å². The topological polar surface area (TPSA) is 26.3 Å². The normalized spacial score (nSPS) is 21.6. The maximum atomic E-state index is 12.2. The summed E-state index contributed by atoms with van der Waals surface area (Å²) in [5.74, 6) is 1.90. The summed E-state index contributed by atoms with van der Waals surface area (Å²) in [5.41, 5.74) is 3.49. The van der Waals surface area contributed by atoms with Crippen LogP contribution in [0.25, 0.3) is 11.1 Å². The van der Waals surface area contributed by atoms with Gasteiger partial charge in [-0.3, -0.25) is 4.79 Å². The molecule has 22 heavy (non-hydrogen) atoms. The third-order valence-electron chi connectivity index (χ3n) is 4.62. The van der Waals surface area contributed by atoms with Gasteiger partial charge in [-0.25, -0.2) is 0 Å². The number of ether oxygens (including phenoxy) is 1. The van der Waals surface area contributed by atoms with Crippen molar-refractivity contribution in [3.63, 3.8) is 0 Å². The Balaban J connectivity index is 1.78. The van der Waals surface area contributed by atoms with E-state index in [1.165, 1.54) is 5.56 Å². The molecule has 2 aromatic rings. The minimum absolute atomic E-state index is 0.0983. The van der Waals surface area contributed by atoms with E-state index >= 15 is 0 Å². The minimum Gasteiger partial charge on any atom is -0.497 e. The summed E-state index contributed by atoms with van der Waals surface area (Å²) in [6, 6.07) is 16.5. The van der Waals surface area contributed by atoms with Gasteiger partial charge in [-0.1, -0.05) is 43.3 Å². The predicted molar refractivity (Wildman–Crippen MR) is 89.2 cm³/mol. The molecule has 2 aromatic carbocycles. The zero-order valence-electron chi connectivity index (χ0n) is 13.2. The lowest BCUT2D eigenvalue weighted by atomic mass is 9.78. The van der Waals surface area contributed by atoms with Crippen molar-refractivity contribution in [3.8, 4) is 16.9 Å². The van der Waals surface area contributed by atoms with Crippen molar-refractivity contribution in [1.29, 1.82) is 0 Å². The molecule has 0 heterocycles. The van der Waals surface area contributed by atoms with Crippen LogP contribution in [0.15, 0.2) is 48.5 Å². The van der Waals surface area contributed by atoms with E-state index in [2.05, 4.69) is 43.3 Å². The van der Waals surface area contributed by atoms with Crippen molar-refractivity contribution in [2.45, 2.75) is 32.1 Å². The fourth-order valence-corrected chi connectivity index (χ4v) is 3.24. The van der Waals surface area contributed by atoms with Gasteiger partial charge in [-0.2, -0.15) is 0 Å². The molecule has 0 spiro atoms. The lowest BCUT2D eigenvalue weighted by Gasteiger charge is -2.25. The first-order valence-corrected chi connectivity index (χ1v) is 7.94. The highest BCUT2D eigenvalue weighted by Crippen LogP contribution is 2.34. The first-order valence-electron chi connectivity index (χ1n) is 7.94. The highest BCUT2D eigenvalue weighted by atomic mass is 16.5. The number of hydrogen-bond acceptors (Lipinski definition) is 2. The number of carbonyl (C=O) groups excluding carboxylic acids is 1. The van der Waals surface area contributed by atoms with Crippen molar-refractivity contribution in [2.24, 2.45) is 5.92 Å². The van der Waals surface area contributed by atoms with Crippen LogP contribution in [0, 0.1) is 5.92 Å². The van der Waals surface area contributed by atoms with Crippen LogP contribution in [0.2, 0.25) is 0 Å². The third kappa shape index (κ3) is 3.06. The van der Waals surface area contributed by atoms with E-state index in [9.17, 15) is 4.79 Å². The van der Waals surface area contributed by atoms with Crippen LogP contribution in [-0.2, 0) is 4.79 Å². The van der Waals surface area contributed by atoms with Gasteiger partial charge in [0.1, 0.15) is 11.5 Å². The number of rotatable bonds is 3. The molecule has 0 aromatic heterocycles. The molecule has 2 heteroatoms. The lowest BCUT2D eigenvalue weighted by Crippen LogP contribution is -2.21. The zero-order chi connectivity index (χ0) is 15.5. The van der Waals surface area contributed by atoms with Gasteiger partial charge < -0.3 is 4.74 Å². The number of ketones is 1. The molecular weight excluding hydrogens is 272 g/mol. The summed E-state index contributed by atoms with van der Waals surface area (Å²) in [7, 11) is 1.67. The van der Waals surface area contributed by atoms with Crippen LogP contribution in [0.3, 0.4) is 0 Å². The molecule has 0 radical (unpaired) electrons. The number of methoxy groups -OCH3 is 1. The van der Waals surface area contributed by atoms with Crippen molar-refractivity contribution >= 4 is 5.78 Å². The molecule has 3 rings (SSSR count). The van der Waals surface area contributed by atoms with Gasteiger partial charge >= 0.3 is 0 Å². The Bertz CT molecular complexity index is 640. The van der Waals surface area contributed by atoms with Crippen LogP contribution in [0.5, 0.6) is 5.75 Å². The van der Waals surface area contributed by atoms with Crippen molar-refractivity contribution in [1.82, 2.24) is 0 Å². The fourth-order valence-electron chi connectivity index (χ4n) is 3.24. The SMILES string of the molecule is COc1ccc(-c2ccc([C@H]3CC[C@H](C)CC3=O)cc2)cc1. The molecule has 1 fully saturated rings. The molecule has 2 atom stereocenters. The largest absolute Gasteiger partial charge is 0.497 e. The summed E-state index contributed by atoms with van der Waals surface area (Å²) >= 11 is 0. The maximum Gasteiger partial charge on any atom is 0.140 e. The zero-order valence-corrected chi connectivity index (χ0v) is 13.2. The summed E-state index contributed by atoms with van der Waals surface area (Å²) in [4.78, 5) is 12.2. The average Bonchev–Trinajstić information content (AvgIpc) is 2.55.